The molecule has 3 rings (SSSR count). The number of carbonyl (C=O) groups excluding carboxylic acids is 1. The smallest absolute Gasteiger partial charge is 0.337 e. The molecule has 0 saturated heterocycles. The van der Waals surface area contributed by atoms with Gasteiger partial charge >= 0.3 is 5.97 Å². The van der Waals surface area contributed by atoms with Crippen LogP contribution in [0.4, 0.5) is 0 Å². The second kappa shape index (κ2) is 5.54. The summed E-state index contributed by atoms with van der Waals surface area (Å²) < 4.78 is 4.70. The molecule has 0 spiro atoms. The highest BCUT2D eigenvalue weighted by Crippen LogP contribution is 2.28. The molecular formula is C17H12ClNO2. The number of carbonyl (C=O) groups is 1. The Labute approximate surface area is 127 Å². The Morgan fingerprint density at radius 3 is 2.52 bits per heavy atom. The van der Waals surface area contributed by atoms with Crippen LogP contribution in [0.3, 0.4) is 0 Å². The topological polar surface area (TPSA) is 39.2 Å². The minimum absolute atomic E-state index is 0.347. The molecule has 1 aromatic heterocycles. The van der Waals surface area contributed by atoms with Crippen molar-refractivity contribution in [3.8, 4) is 11.1 Å². The van der Waals surface area contributed by atoms with Gasteiger partial charge < -0.3 is 4.74 Å². The summed E-state index contributed by atoms with van der Waals surface area (Å²) in [6.45, 7) is 0. The summed E-state index contributed by atoms with van der Waals surface area (Å²) in [4.78, 5) is 15.9. The number of ether oxygens (including phenoxy) is 1. The van der Waals surface area contributed by atoms with E-state index in [1.165, 1.54) is 7.11 Å². The zero-order chi connectivity index (χ0) is 14.8. The van der Waals surface area contributed by atoms with Crippen LogP contribution in [0.1, 0.15) is 10.4 Å². The van der Waals surface area contributed by atoms with Crippen LogP contribution in [0.15, 0.2) is 54.6 Å². The van der Waals surface area contributed by atoms with Gasteiger partial charge in [-0.15, -0.1) is 0 Å². The third-order valence-electron chi connectivity index (χ3n) is 3.30. The molecule has 4 heteroatoms. The number of pyridine rings is 1. The van der Waals surface area contributed by atoms with Gasteiger partial charge in [0.25, 0.3) is 0 Å². The molecule has 0 saturated carbocycles. The highest BCUT2D eigenvalue weighted by atomic mass is 35.5. The second-order valence-electron chi connectivity index (χ2n) is 4.58. The first kappa shape index (κ1) is 13.6. The van der Waals surface area contributed by atoms with Gasteiger partial charge in [-0.05, 0) is 29.8 Å². The highest BCUT2D eigenvalue weighted by Gasteiger charge is 2.08. The van der Waals surface area contributed by atoms with Gasteiger partial charge in [-0.1, -0.05) is 41.9 Å². The minimum atomic E-state index is -0.347. The van der Waals surface area contributed by atoms with Gasteiger partial charge in [-0.2, -0.15) is 0 Å². The van der Waals surface area contributed by atoms with E-state index in [1.54, 1.807) is 18.2 Å². The molecular weight excluding hydrogens is 286 g/mol. The van der Waals surface area contributed by atoms with E-state index in [2.05, 4.69) is 4.98 Å². The van der Waals surface area contributed by atoms with Crippen LogP contribution in [-0.2, 0) is 4.74 Å². The summed E-state index contributed by atoms with van der Waals surface area (Å²) in [6.07, 6.45) is 0. The van der Waals surface area contributed by atoms with Gasteiger partial charge in [0, 0.05) is 10.9 Å². The largest absolute Gasteiger partial charge is 0.465 e. The predicted octanol–water partition coefficient (Wildman–Crippen LogP) is 4.34. The lowest BCUT2D eigenvalue weighted by Gasteiger charge is -2.07. The SMILES string of the molecule is COC(=O)c1ccc(-c2cccc3ccc(Cl)nc23)cc1. The molecule has 21 heavy (non-hydrogen) atoms. The third kappa shape index (κ3) is 2.60. The third-order valence-corrected chi connectivity index (χ3v) is 3.51. The Hall–Kier alpha value is -2.39. The molecule has 2 aromatic carbocycles. The van der Waals surface area contributed by atoms with Gasteiger partial charge in [0.15, 0.2) is 0 Å². The molecule has 0 radical (unpaired) electrons. The Kier molecular flexibility index (Phi) is 3.59. The van der Waals surface area contributed by atoms with Gasteiger partial charge in [0.1, 0.15) is 5.15 Å². The molecule has 0 aliphatic carbocycles. The number of methoxy groups -OCH3 is 1. The van der Waals surface area contributed by atoms with E-state index >= 15 is 0 Å². The molecule has 3 nitrogen and oxygen atoms in total. The summed E-state index contributed by atoms with van der Waals surface area (Å²) in [5, 5.41) is 1.48. The number of rotatable bonds is 2. The number of nitrogens with zero attached hydrogens (tertiary/aromatic N) is 1. The van der Waals surface area contributed by atoms with Gasteiger partial charge in [-0.25, -0.2) is 9.78 Å². The first-order chi connectivity index (χ1) is 10.2. The Morgan fingerprint density at radius 2 is 1.81 bits per heavy atom. The number of hydrogen-bond donors (Lipinski definition) is 0. The van der Waals surface area contributed by atoms with Crippen molar-refractivity contribution >= 4 is 28.5 Å². The summed E-state index contributed by atoms with van der Waals surface area (Å²) >= 11 is 5.99. The second-order valence-corrected chi connectivity index (χ2v) is 4.97. The molecule has 0 fully saturated rings. The average molecular weight is 298 g/mol. The molecule has 0 aliphatic heterocycles. The molecule has 0 aliphatic rings. The summed E-state index contributed by atoms with van der Waals surface area (Å²) in [6, 6.07) is 16.9. The number of para-hydroxylation sites is 1. The molecule has 0 unspecified atom stereocenters. The maximum absolute atomic E-state index is 11.5. The van der Waals surface area contributed by atoms with Crippen molar-refractivity contribution in [3.63, 3.8) is 0 Å². The number of esters is 1. The average Bonchev–Trinajstić information content (AvgIpc) is 2.53. The molecule has 0 amide bonds. The van der Waals surface area contributed by atoms with Crippen LogP contribution in [0, 0.1) is 0 Å². The van der Waals surface area contributed by atoms with Gasteiger partial charge in [0.05, 0.1) is 18.2 Å². The molecule has 104 valence electrons. The Morgan fingerprint density at radius 1 is 1.05 bits per heavy atom. The van der Waals surface area contributed by atoms with E-state index in [9.17, 15) is 4.79 Å². The fourth-order valence-electron chi connectivity index (χ4n) is 2.26. The zero-order valence-electron chi connectivity index (χ0n) is 11.3. The normalized spacial score (nSPS) is 10.6. The van der Waals surface area contributed by atoms with E-state index in [4.69, 9.17) is 16.3 Å². The first-order valence-electron chi connectivity index (χ1n) is 6.43. The predicted molar refractivity (Wildman–Crippen MR) is 83.5 cm³/mol. The molecule has 3 aromatic rings. The standard InChI is InChI=1S/C17H12ClNO2/c1-21-17(20)13-7-5-11(6-8-13)14-4-2-3-12-9-10-15(18)19-16(12)14/h2-10H,1H3. The van der Waals surface area contributed by atoms with Crippen molar-refractivity contribution in [2.75, 3.05) is 7.11 Å². The summed E-state index contributed by atoms with van der Waals surface area (Å²) in [5.74, 6) is -0.347. The number of halogens is 1. The van der Waals surface area contributed by atoms with E-state index in [1.807, 2.05) is 36.4 Å². The number of fused-ring (bicyclic) bond motifs is 1. The lowest BCUT2D eigenvalue weighted by Crippen LogP contribution is -2.00. The minimum Gasteiger partial charge on any atom is -0.465 e. The lowest BCUT2D eigenvalue weighted by atomic mass is 10.0. The van der Waals surface area contributed by atoms with Crippen LogP contribution < -0.4 is 0 Å². The van der Waals surface area contributed by atoms with Crippen molar-refractivity contribution in [3.05, 3.63) is 65.3 Å². The van der Waals surface area contributed by atoms with Crippen molar-refractivity contribution in [1.29, 1.82) is 0 Å². The maximum atomic E-state index is 11.5. The van der Waals surface area contributed by atoms with E-state index in [0.717, 1.165) is 22.0 Å². The first-order valence-corrected chi connectivity index (χ1v) is 6.81. The monoisotopic (exact) mass is 297 g/mol. The number of aromatic nitrogens is 1. The number of benzene rings is 2. The van der Waals surface area contributed by atoms with E-state index in [0.29, 0.717) is 10.7 Å². The highest BCUT2D eigenvalue weighted by molar-refractivity contribution is 6.29. The number of hydrogen-bond acceptors (Lipinski definition) is 3. The Balaban J connectivity index is 2.12. The molecule has 1 heterocycles. The van der Waals surface area contributed by atoms with E-state index in [-0.39, 0.29) is 5.97 Å². The van der Waals surface area contributed by atoms with Crippen molar-refractivity contribution in [1.82, 2.24) is 4.98 Å². The van der Waals surface area contributed by atoms with Crippen molar-refractivity contribution < 1.29 is 9.53 Å². The zero-order valence-corrected chi connectivity index (χ0v) is 12.1. The fraction of sp³-hybridized carbons (Fsp3) is 0.0588. The molecule has 0 atom stereocenters. The Bertz CT molecular complexity index is 813. The summed E-state index contributed by atoms with van der Waals surface area (Å²) in [7, 11) is 1.37. The quantitative estimate of drug-likeness (QED) is 0.522. The van der Waals surface area contributed by atoms with Gasteiger partial charge in [0.2, 0.25) is 0 Å². The van der Waals surface area contributed by atoms with Crippen LogP contribution in [0.2, 0.25) is 5.15 Å². The summed E-state index contributed by atoms with van der Waals surface area (Å²) in [5.41, 5.74) is 3.32. The molecule has 0 N–H and O–H groups in total. The van der Waals surface area contributed by atoms with E-state index < -0.39 is 0 Å². The van der Waals surface area contributed by atoms with Crippen LogP contribution in [0.5, 0.6) is 0 Å². The van der Waals surface area contributed by atoms with Crippen LogP contribution in [0.25, 0.3) is 22.0 Å². The van der Waals surface area contributed by atoms with Crippen LogP contribution in [-0.4, -0.2) is 18.1 Å². The van der Waals surface area contributed by atoms with Gasteiger partial charge in [-0.3, -0.25) is 0 Å². The lowest BCUT2D eigenvalue weighted by molar-refractivity contribution is 0.0601. The maximum Gasteiger partial charge on any atom is 0.337 e. The van der Waals surface area contributed by atoms with Crippen LogP contribution >= 0.6 is 11.6 Å². The van der Waals surface area contributed by atoms with Crippen molar-refractivity contribution in [2.24, 2.45) is 0 Å². The fourth-order valence-corrected chi connectivity index (χ4v) is 2.41. The van der Waals surface area contributed by atoms with Crippen molar-refractivity contribution in [2.45, 2.75) is 0 Å². The molecule has 0 bridgehead atoms.